The Kier molecular flexibility index (Phi) is 8.73. The zero-order valence-corrected chi connectivity index (χ0v) is 28.1. The third-order valence-corrected chi connectivity index (χ3v) is 19.7. The quantitative estimate of drug-likeness (QED) is 0.370. The van der Waals surface area contributed by atoms with E-state index in [0.717, 1.165) is 105 Å². The van der Waals surface area contributed by atoms with Crippen LogP contribution in [0.1, 0.15) is 11.3 Å². The van der Waals surface area contributed by atoms with Crippen LogP contribution in [-0.2, 0) is 42.6 Å². The fourth-order valence-electron chi connectivity index (χ4n) is 7.01. The molecule has 0 spiro atoms. The van der Waals surface area contributed by atoms with Crippen molar-refractivity contribution in [1.29, 1.82) is 0 Å². The standard InChI is InChI=1S/C28H42N6O4P2S2/c1-23-21-25-27-26(39(41,29-5-13-35-14-6-29)30-7-15-36-16-8-30)22-24(2)33(27)3-4-34(25)28(23)40(42,31-9-17-37-18-10-31)32-11-19-38-20-12-32/h3-4,21-22H,5-20H2,1-2H3. The Bertz CT molecular complexity index is 1490. The maximum atomic E-state index is 6.90. The van der Waals surface area contributed by atoms with Gasteiger partial charge in [0.2, 0.25) is 0 Å². The largest absolute Gasteiger partial charge is 0.379 e. The summed E-state index contributed by atoms with van der Waals surface area (Å²) in [7, 11) is 0. The third kappa shape index (κ3) is 4.91. The van der Waals surface area contributed by atoms with Gasteiger partial charge in [0, 0.05) is 75.8 Å². The van der Waals surface area contributed by atoms with Gasteiger partial charge in [0.1, 0.15) is 12.7 Å². The predicted octanol–water partition coefficient (Wildman–Crippen LogP) is 2.01. The minimum Gasteiger partial charge on any atom is -0.379 e. The van der Waals surface area contributed by atoms with Gasteiger partial charge in [-0.05, 0) is 31.5 Å². The summed E-state index contributed by atoms with van der Waals surface area (Å²) in [6.45, 7) is 17.1. The smallest absolute Gasteiger partial charge is 0.123 e. The number of aryl methyl sites for hydroxylation is 2. The van der Waals surface area contributed by atoms with E-state index in [1.165, 1.54) is 33.0 Å². The van der Waals surface area contributed by atoms with Crippen molar-refractivity contribution < 1.29 is 18.9 Å². The molecule has 0 aromatic carbocycles. The van der Waals surface area contributed by atoms with Crippen LogP contribution in [0.3, 0.4) is 0 Å². The number of nitrogens with zero attached hydrogens (tertiary/aromatic N) is 6. The lowest BCUT2D eigenvalue weighted by atomic mass is 10.3. The van der Waals surface area contributed by atoms with Crippen LogP contribution in [0.4, 0.5) is 0 Å². The van der Waals surface area contributed by atoms with Crippen molar-refractivity contribution in [3.8, 4) is 0 Å². The summed E-state index contributed by atoms with van der Waals surface area (Å²) in [4.78, 5) is 0. The number of fused-ring (bicyclic) bond motifs is 3. The molecule has 4 saturated heterocycles. The fourth-order valence-corrected chi connectivity index (χ4v) is 16.6. The zero-order chi connectivity index (χ0) is 28.9. The zero-order valence-electron chi connectivity index (χ0n) is 24.7. The van der Waals surface area contributed by atoms with Crippen LogP contribution in [0.2, 0.25) is 0 Å². The first-order valence-corrected chi connectivity index (χ1v) is 20.5. The summed E-state index contributed by atoms with van der Waals surface area (Å²) in [5.41, 5.74) is 6.13. The van der Waals surface area contributed by atoms with Gasteiger partial charge < -0.3 is 27.7 Å². The van der Waals surface area contributed by atoms with Gasteiger partial charge in [-0.3, -0.25) is 18.7 Å². The highest BCUT2D eigenvalue weighted by Crippen LogP contribution is 2.56. The Morgan fingerprint density at radius 2 is 0.976 bits per heavy atom. The van der Waals surface area contributed by atoms with E-state index in [1.807, 2.05) is 0 Å². The summed E-state index contributed by atoms with van der Waals surface area (Å²) in [5.74, 6) is 0. The molecule has 4 aliphatic rings. The van der Waals surface area contributed by atoms with Gasteiger partial charge in [-0.15, -0.1) is 0 Å². The molecule has 0 aliphatic carbocycles. The maximum Gasteiger partial charge on any atom is 0.123 e. The van der Waals surface area contributed by atoms with Gasteiger partial charge in [-0.25, -0.2) is 0 Å². The molecule has 42 heavy (non-hydrogen) atoms. The van der Waals surface area contributed by atoms with Gasteiger partial charge >= 0.3 is 0 Å². The van der Waals surface area contributed by atoms with Gasteiger partial charge in [0.25, 0.3) is 0 Å². The maximum absolute atomic E-state index is 6.90. The molecule has 7 rings (SSSR count). The Labute approximate surface area is 258 Å². The third-order valence-electron chi connectivity index (χ3n) is 9.08. The average Bonchev–Trinajstić information content (AvgIpc) is 3.58. The summed E-state index contributed by atoms with van der Waals surface area (Å²) >= 11 is 13.8. The highest BCUT2D eigenvalue weighted by Gasteiger charge is 2.41. The molecular weight excluding hydrogens is 610 g/mol. The van der Waals surface area contributed by atoms with Crippen LogP contribution in [0, 0.1) is 13.8 Å². The van der Waals surface area contributed by atoms with Crippen molar-refractivity contribution in [3.05, 3.63) is 35.8 Å². The average molecular weight is 653 g/mol. The molecule has 230 valence electrons. The van der Waals surface area contributed by atoms with Crippen molar-refractivity contribution in [2.75, 3.05) is 105 Å². The van der Waals surface area contributed by atoms with Crippen LogP contribution in [0.25, 0.3) is 11.0 Å². The van der Waals surface area contributed by atoms with Crippen LogP contribution in [0.15, 0.2) is 24.5 Å². The number of rotatable bonds is 6. The molecule has 4 aliphatic heterocycles. The molecule has 0 amide bonds. The highest BCUT2D eigenvalue weighted by atomic mass is 32.4. The molecule has 0 N–H and O–H groups in total. The molecule has 7 heterocycles. The van der Waals surface area contributed by atoms with Gasteiger partial charge in [-0.2, -0.15) is 0 Å². The van der Waals surface area contributed by atoms with E-state index in [1.54, 1.807) is 0 Å². The van der Waals surface area contributed by atoms with Crippen molar-refractivity contribution in [2.45, 2.75) is 13.8 Å². The van der Waals surface area contributed by atoms with Crippen molar-refractivity contribution in [2.24, 2.45) is 0 Å². The molecule has 3 aromatic rings. The van der Waals surface area contributed by atoms with Gasteiger partial charge in [0.05, 0.1) is 69.3 Å². The predicted molar refractivity (Wildman–Crippen MR) is 175 cm³/mol. The van der Waals surface area contributed by atoms with Gasteiger partial charge in [0.15, 0.2) is 0 Å². The molecule has 0 unspecified atom stereocenters. The summed E-state index contributed by atoms with van der Waals surface area (Å²) < 4.78 is 38.1. The van der Waals surface area contributed by atoms with E-state index < -0.39 is 12.7 Å². The number of hydrogen-bond acceptors (Lipinski definition) is 6. The lowest BCUT2D eigenvalue weighted by Crippen LogP contribution is -2.47. The molecule has 0 saturated carbocycles. The monoisotopic (exact) mass is 652 g/mol. The van der Waals surface area contributed by atoms with E-state index in [9.17, 15) is 0 Å². The van der Waals surface area contributed by atoms with Crippen LogP contribution in [0.5, 0.6) is 0 Å². The molecule has 3 aromatic heterocycles. The molecule has 0 radical (unpaired) electrons. The lowest BCUT2D eigenvalue weighted by Gasteiger charge is -2.46. The van der Waals surface area contributed by atoms with Crippen LogP contribution in [-0.4, -0.2) is 133 Å². The minimum absolute atomic E-state index is 0.722. The Morgan fingerprint density at radius 3 is 1.43 bits per heavy atom. The normalized spacial score (nSPS) is 23.3. The van der Waals surface area contributed by atoms with Crippen LogP contribution < -0.4 is 10.7 Å². The molecule has 4 fully saturated rings. The second-order valence-corrected chi connectivity index (χ2v) is 19.8. The van der Waals surface area contributed by atoms with E-state index >= 15 is 0 Å². The SMILES string of the molecule is Cc1cc2c3c(P(=S)(N4CCOCC4)N4CCOCC4)cc(C)n3ccn2c1P(=S)(N1CCOCC1)N1CCOCC1. The number of aromatic nitrogens is 2. The summed E-state index contributed by atoms with van der Waals surface area (Å²) in [5, 5.41) is 1.28. The van der Waals surface area contributed by atoms with E-state index in [0.29, 0.717) is 0 Å². The van der Waals surface area contributed by atoms with Gasteiger partial charge in [-0.1, -0.05) is 23.6 Å². The topological polar surface area (TPSA) is 58.7 Å². The fraction of sp³-hybridized carbons (Fsp3) is 0.643. The minimum atomic E-state index is -2.32. The first-order valence-electron chi connectivity index (χ1n) is 15.1. The summed E-state index contributed by atoms with van der Waals surface area (Å²) in [6, 6.07) is 4.73. The van der Waals surface area contributed by atoms with Crippen molar-refractivity contribution >= 4 is 58.1 Å². The van der Waals surface area contributed by atoms with E-state index in [-0.39, 0.29) is 0 Å². The van der Waals surface area contributed by atoms with Crippen molar-refractivity contribution in [3.63, 3.8) is 0 Å². The second-order valence-electron chi connectivity index (χ2n) is 11.4. The molecular formula is C28H42N6O4P2S2. The molecule has 0 bridgehead atoms. The Morgan fingerprint density at radius 1 is 0.571 bits per heavy atom. The number of hydrogen-bond donors (Lipinski definition) is 0. The highest BCUT2D eigenvalue weighted by molar-refractivity contribution is 8.16. The summed E-state index contributed by atoms with van der Waals surface area (Å²) in [6.07, 6.45) is -0.175. The number of morpholine rings is 4. The van der Waals surface area contributed by atoms with E-state index in [2.05, 4.69) is 65.9 Å². The Hall–Kier alpha value is -0.720. The molecule has 10 nitrogen and oxygen atoms in total. The Balaban J connectivity index is 1.45. The first-order chi connectivity index (χ1) is 20.4. The lowest BCUT2D eigenvalue weighted by molar-refractivity contribution is 0.0588. The van der Waals surface area contributed by atoms with E-state index in [4.69, 9.17) is 42.6 Å². The molecule has 14 heteroatoms. The number of ether oxygens (including phenoxy) is 4. The van der Waals surface area contributed by atoms with Crippen molar-refractivity contribution in [1.82, 2.24) is 27.5 Å². The molecule has 0 atom stereocenters. The van der Waals surface area contributed by atoms with Crippen LogP contribution >= 0.6 is 12.7 Å². The first kappa shape index (κ1) is 30.0. The second kappa shape index (κ2) is 12.2.